The van der Waals surface area contributed by atoms with Gasteiger partial charge in [-0.25, -0.2) is 4.68 Å². The number of carbonyl (C=O) groups is 1. The molecular formula is C16H27N5O2. The third kappa shape index (κ3) is 4.29. The molecule has 7 nitrogen and oxygen atoms in total. The van der Waals surface area contributed by atoms with Crippen molar-refractivity contribution in [2.75, 3.05) is 39.3 Å². The Kier molecular flexibility index (Phi) is 5.61. The molecule has 1 N–H and O–H groups in total. The molecule has 0 aliphatic carbocycles. The second kappa shape index (κ2) is 7.88. The monoisotopic (exact) mass is 321 g/mol. The van der Waals surface area contributed by atoms with E-state index in [1.54, 1.807) is 17.1 Å². The molecule has 1 aromatic heterocycles. The maximum Gasteiger partial charge on any atom is 0.244 e. The highest BCUT2D eigenvalue weighted by molar-refractivity contribution is 5.76. The summed E-state index contributed by atoms with van der Waals surface area (Å²) in [7, 11) is 0. The van der Waals surface area contributed by atoms with Crippen molar-refractivity contribution in [1.82, 2.24) is 24.8 Å². The number of hydrogen-bond acceptors (Lipinski definition) is 5. The van der Waals surface area contributed by atoms with Gasteiger partial charge in [0.15, 0.2) is 0 Å². The first-order valence-corrected chi connectivity index (χ1v) is 8.71. The highest BCUT2D eigenvalue weighted by Gasteiger charge is 2.35. The van der Waals surface area contributed by atoms with Gasteiger partial charge in [0.2, 0.25) is 5.91 Å². The van der Waals surface area contributed by atoms with Crippen molar-refractivity contribution in [3.8, 4) is 0 Å². The lowest BCUT2D eigenvalue weighted by Crippen LogP contribution is -2.35. The molecule has 23 heavy (non-hydrogen) atoms. The molecule has 7 heteroatoms. The fourth-order valence-corrected chi connectivity index (χ4v) is 3.76. The lowest BCUT2D eigenvalue weighted by molar-refractivity contribution is -0.131. The van der Waals surface area contributed by atoms with Crippen LogP contribution in [0.5, 0.6) is 0 Å². The molecule has 1 aromatic rings. The summed E-state index contributed by atoms with van der Waals surface area (Å²) in [5.74, 6) is 0.628. The molecule has 0 radical (unpaired) electrons. The lowest BCUT2D eigenvalue weighted by Gasteiger charge is -2.26. The molecule has 2 saturated heterocycles. The minimum Gasteiger partial charge on any atom is -0.396 e. The second-order valence-corrected chi connectivity index (χ2v) is 6.82. The average molecular weight is 321 g/mol. The van der Waals surface area contributed by atoms with Gasteiger partial charge in [0, 0.05) is 38.4 Å². The van der Waals surface area contributed by atoms with Crippen LogP contribution in [0.2, 0.25) is 0 Å². The van der Waals surface area contributed by atoms with Crippen LogP contribution in [0.15, 0.2) is 12.4 Å². The van der Waals surface area contributed by atoms with Crippen molar-refractivity contribution in [2.24, 2.45) is 11.8 Å². The van der Waals surface area contributed by atoms with E-state index in [1.165, 1.54) is 25.7 Å². The topological polar surface area (TPSA) is 74.5 Å². The van der Waals surface area contributed by atoms with Crippen molar-refractivity contribution in [1.29, 1.82) is 0 Å². The maximum atomic E-state index is 12.4. The number of hydrogen-bond donors (Lipinski definition) is 1. The van der Waals surface area contributed by atoms with Crippen LogP contribution < -0.4 is 0 Å². The number of aliphatic hydroxyl groups is 1. The third-order valence-electron chi connectivity index (χ3n) is 5.12. The first-order valence-electron chi connectivity index (χ1n) is 8.71. The number of amides is 1. The van der Waals surface area contributed by atoms with E-state index >= 15 is 0 Å². The normalized spacial score (nSPS) is 26.4. The van der Waals surface area contributed by atoms with E-state index in [9.17, 15) is 9.90 Å². The number of aliphatic hydroxyl groups excluding tert-OH is 1. The van der Waals surface area contributed by atoms with E-state index in [0.717, 1.165) is 26.2 Å². The minimum absolute atomic E-state index is 0.0623. The molecule has 2 fully saturated rings. The number of rotatable bonds is 5. The van der Waals surface area contributed by atoms with E-state index in [4.69, 9.17) is 0 Å². The van der Waals surface area contributed by atoms with Gasteiger partial charge in [0.1, 0.15) is 6.54 Å². The molecular weight excluding hydrogens is 294 g/mol. The SMILES string of the molecule is O=C(Cn1ccnn1)N1C[C@@H](CO)[C@@H](CN2CCCCCC2)C1. The van der Waals surface area contributed by atoms with Crippen molar-refractivity contribution in [2.45, 2.75) is 32.2 Å². The molecule has 2 aliphatic heterocycles. The summed E-state index contributed by atoms with van der Waals surface area (Å²) >= 11 is 0. The lowest BCUT2D eigenvalue weighted by atomic mass is 9.96. The highest BCUT2D eigenvalue weighted by atomic mass is 16.3. The first-order chi connectivity index (χ1) is 11.3. The smallest absolute Gasteiger partial charge is 0.244 e. The zero-order valence-corrected chi connectivity index (χ0v) is 13.7. The number of aromatic nitrogens is 3. The van der Waals surface area contributed by atoms with Gasteiger partial charge in [-0.05, 0) is 31.8 Å². The Morgan fingerprint density at radius 1 is 1.13 bits per heavy atom. The Morgan fingerprint density at radius 3 is 2.52 bits per heavy atom. The molecule has 0 bridgehead atoms. The van der Waals surface area contributed by atoms with E-state index in [1.807, 2.05) is 4.90 Å². The number of carbonyl (C=O) groups excluding carboxylic acids is 1. The fourth-order valence-electron chi connectivity index (χ4n) is 3.76. The molecule has 0 unspecified atom stereocenters. The molecule has 1 amide bonds. The van der Waals surface area contributed by atoms with Gasteiger partial charge in [-0.2, -0.15) is 0 Å². The van der Waals surface area contributed by atoms with E-state index in [0.29, 0.717) is 12.5 Å². The van der Waals surface area contributed by atoms with Crippen LogP contribution in [0.1, 0.15) is 25.7 Å². The van der Waals surface area contributed by atoms with Crippen molar-refractivity contribution in [3.63, 3.8) is 0 Å². The summed E-state index contributed by atoms with van der Waals surface area (Å²) in [6, 6.07) is 0. The van der Waals surface area contributed by atoms with Gasteiger partial charge in [-0.3, -0.25) is 4.79 Å². The maximum absolute atomic E-state index is 12.4. The quantitative estimate of drug-likeness (QED) is 0.840. The van der Waals surface area contributed by atoms with E-state index in [-0.39, 0.29) is 25.0 Å². The predicted octanol–water partition coefficient (Wildman–Crippen LogP) is 0.221. The van der Waals surface area contributed by atoms with Crippen LogP contribution >= 0.6 is 0 Å². The highest BCUT2D eigenvalue weighted by Crippen LogP contribution is 2.25. The summed E-state index contributed by atoms with van der Waals surface area (Å²) in [6.45, 7) is 5.10. The van der Waals surface area contributed by atoms with Crippen LogP contribution in [-0.4, -0.2) is 75.1 Å². The predicted molar refractivity (Wildman–Crippen MR) is 85.6 cm³/mol. The third-order valence-corrected chi connectivity index (χ3v) is 5.12. The Hall–Kier alpha value is -1.47. The van der Waals surface area contributed by atoms with E-state index in [2.05, 4.69) is 15.2 Å². The van der Waals surface area contributed by atoms with Gasteiger partial charge < -0.3 is 14.9 Å². The zero-order valence-electron chi connectivity index (χ0n) is 13.7. The van der Waals surface area contributed by atoms with Gasteiger partial charge in [-0.1, -0.05) is 18.1 Å². The molecule has 0 aromatic carbocycles. The fraction of sp³-hybridized carbons (Fsp3) is 0.812. The number of likely N-dealkylation sites (tertiary alicyclic amines) is 2. The van der Waals surface area contributed by atoms with Gasteiger partial charge in [-0.15, -0.1) is 5.10 Å². The number of nitrogens with zero attached hydrogens (tertiary/aromatic N) is 5. The summed E-state index contributed by atoms with van der Waals surface area (Å²) in [6.07, 6.45) is 8.47. The summed E-state index contributed by atoms with van der Waals surface area (Å²) < 4.78 is 1.55. The standard InChI is InChI=1S/C16H27N5O2/c22-13-15-11-20(16(23)12-21-8-5-17-18-21)10-14(15)9-19-6-3-1-2-4-7-19/h5,8,14-15,22H,1-4,6-7,9-13H2/t14-,15-/m0/s1. The van der Waals surface area contributed by atoms with Gasteiger partial charge >= 0.3 is 0 Å². The van der Waals surface area contributed by atoms with Gasteiger partial charge in [0.25, 0.3) is 0 Å². The molecule has 3 heterocycles. The first kappa shape index (κ1) is 16.4. The van der Waals surface area contributed by atoms with Crippen molar-refractivity contribution in [3.05, 3.63) is 12.4 Å². The van der Waals surface area contributed by atoms with Crippen LogP contribution in [0.25, 0.3) is 0 Å². The largest absolute Gasteiger partial charge is 0.396 e. The Morgan fingerprint density at radius 2 is 1.87 bits per heavy atom. The van der Waals surface area contributed by atoms with Crippen LogP contribution in [-0.2, 0) is 11.3 Å². The molecule has 0 spiro atoms. The minimum atomic E-state index is 0.0623. The molecule has 2 atom stereocenters. The average Bonchev–Trinajstić information content (AvgIpc) is 3.12. The molecule has 3 rings (SSSR count). The Bertz CT molecular complexity index is 485. The molecule has 0 saturated carbocycles. The van der Waals surface area contributed by atoms with E-state index < -0.39 is 0 Å². The summed E-state index contributed by atoms with van der Waals surface area (Å²) in [5.41, 5.74) is 0. The van der Waals surface area contributed by atoms with Gasteiger partial charge in [0.05, 0.1) is 6.20 Å². The second-order valence-electron chi connectivity index (χ2n) is 6.82. The molecule has 128 valence electrons. The Balaban J connectivity index is 1.55. The van der Waals surface area contributed by atoms with Crippen molar-refractivity contribution >= 4 is 5.91 Å². The van der Waals surface area contributed by atoms with Crippen LogP contribution in [0.3, 0.4) is 0 Å². The van der Waals surface area contributed by atoms with Crippen molar-refractivity contribution < 1.29 is 9.90 Å². The van der Waals surface area contributed by atoms with Crippen LogP contribution in [0.4, 0.5) is 0 Å². The summed E-state index contributed by atoms with van der Waals surface area (Å²) in [5, 5.41) is 17.3. The van der Waals surface area contributed by atoms with Crippen LogP contribution in [0, 0.1) is 11.8 Å². The Labute approximate surface area is 137 Å². The molecule has 2 aliphatic rings. The zero-order chi connectivity index (χ0) is 16.1. The summed E-state index contributed by atoms with van der Waals surface area (Å²) in [4.78, 5) is 16.8.